The Hall–Kier alpha value is -1.45. The first-order valence-electron chi connectivity index (χ1n) is 6.86. The summed E-state index contributed by atoms with van der Waals surface area (Å²) in [4.78, 5) is 12.2. The molecule has 1 aliphatic carbocycles. The molecule has 0 radical (unpaired) electrons. The quantitative estimate of drug-likeness (QED) is 0.860. The molecule has 1 aromatic rings. The molecule has 4 nitrogen and oxygen atoms in total. The fraction of sp³-hybridized carbons (Fsp3) is 0.643. The second-order valence-corrected chi connectivity index (χ2v) is 5.44. The summed E-state index contributed by atoms with van der Waals surface area (Å²) in [5.41, 5.74) is 7.13. The fourth-order valence-corrected chi connectivity index (χ4v) is 2.75. The van der Waals surface area contributed by atoms with Gasteiger partial charge in [-0.15, -0.1) is 0 Å². The molecule has 2 unspecified atom stereocenters. The molecule has 4 heteroatoms. The number of nitrogens with one attached hydrogen (secondary N) is 1. The molecule has 0 saturated heterocycles. The van der Waals surface area contributed by atoms with Gasteiger partial charge in [0.15, 0.2) is 0 Å². The molecule has 2 atom stereocenters. The Balaban J connectivity index is 2.04. The van der Waals surface area contributed by atoms with Gasteiger partial charge in [-0.3, -0.25) is 4.79 Å². The van der Waals surface area contributed by atoms with Gasteiger partial charge in [0, 0.05) is 18.8 Å². The first-order valence-corrected chi connectivity index (χ1v) is 6.86. The monoisotopic (exact) mass is 249 g/mol. The van der Waals surface area contributed by atoms with Gasteiger partial charge >= 0.3 is 0 Å². The van der Waals surface area contributed by atoms with Crippen LogP contribution in [0.15, 0.2) is 12.3 Å². The zero-order valence-corrected chi connectivity index (χ0v) is 11.3. The molecule has 0 bridgehead atoms. The van der Waals surface area contributed by atoms with Gasteiger partial charge in [0.05, 0.1) is 5.69 Å². The molecule has 3 N–H and O–H groups in total. The number of anilines is 1. The van der Waals surface area contributed by atoms with Crippen LogP contribution < -0.4 is 11.1 Å². The van der Waals surface area contributed by atoms with Gasteiger partial charge in [-0.2, -0.15) is 0 Å². The number of nitrogens with two attached hydrogens (primary N) is 1. The summed E-state index contributed by atoms with van der Waals surface area (Å²) in [5.74, 6) is 0.738. The topological polar surface area (TPSA) is 60.0 Å². The van der Waals surface area contributed by atoms with Crippen molar-refractivity contribution in [2.45, 2.75) is 52.1 Å². The van der Waals surface area contributed by atoms with E-state index in [0.717, 1.165) is 31.7 Å². The molecule has 0 aliphatic heterocycles. The highest BCUT2D eigenvalue weighted by Gasteiger charge is 2.24. The van der Waals surface area contributed by atoms with E-state index < -0.39 is 0 Å². The number of amides is 1. The molecule has 1 aromatic heterocycles. The summed E-state index contributed by atoms with van der Waals surface area (Å²) in [7, 11) is 0. The van der Waals surface area contributed by atoms with Crippen LogP contribution in [0.25, 0.3) is 0 Å². The predicted octanol–water partition coefficient (Wildman–Crippen LogP) is 2.40. The molecular formula is C14H23N3O. The van der Waals surface area contributed by atoms with Crippen LogP contribution in [0, 0.1) is 5.92 Å². The van der Waals surface area contributed by atoms with Crippen molar-refractivity contribution in [2.75, 3.05) is 5.73 Å². The lowest BCUT2D eigenvalue weighted by molar-refractivity contribution is 0.0928. The molecule has 1 amide bonds. The Morgan fingerprint density at radius 1 is 1.56 bits per heavy atom. The largest absolute Gasteiger partial charge is 0.397 e. The Bertz CT molecular complexity index is 425. The van der Waals surface area contributed by atoms with Gasteiger partial charge in [0.1, 0.15) is 5.69 Å². The van der Waals surface area contributed by atoms with Crippen LogP contribution in [0.4, 0.5) is 5.69 Å². The van der Waals surface area contributed by atoms with Crippen LogP contribution in [0.3, 0.4) is 0 Å². The minimum Gasteiger partial charge on any atom is -0.397 e. The second kappa shape index (κ2) is 5.46. The molecule has 0 spiro atoms. The van der Waals surface area contributed by atoms with Crippen molar-refractivity contribution < 1.29 is 4.79 Å². The molecule has 1 saturated carbocycles. The summed E-state index contributed by atoms with van der Waals surface area (Å²) in [6.07, 6.45) is 6.24. The zero-order chi connectivity index (χ0) is 13.1. The Kier molecular flexibility index (Phi) is 3.94. The second-order valence-electron chi connectivity index (χ2n) is 5.44. The predicted molar refractivity (Wildman–Crippen MR) is 73.4 cm³/mol. The molecule has 100 valence electrons. The number of hydrogen-bond acceptors (Lipinski definition) is 2. The Morgan fingerprint density at radius 2 is 2.33 bits per heavy atom. The minimum absolute atomic E-state index is 0.0132. The maximum atomic E-state index is 12.2. The normalized spacial score (nSPS) is 23.2. The summed E-state index contributed by atoms with van der Waals surface area (Å²) in [5, 5.41) is 3.12. The third-order valence-corrected chi connectivity index (χ3v) is 3.64. The van der Waals surface area contributed by atoms with Gasteiger partial charge < -0.3 is 15.6 Å². The molecule has 1 fully saturated rings. The average molecular weight is 249 g/mol. The van der Waals surface area contributed by atoms with Crippen LogP contribution in [0.2, 0.25) is 0 Å². The number of aromatic nitrogens is 1. The minimum atomic E-state index is 0.0132. The van der Waals surface area contributed by atoms with Crippen LogP contribution >= 0.6 is 0 Å². The van der Waals surface area contributed by atoms with Gasteiger partial charge in [-0.05, 0) is 37.7 Å². The molecule has 18 heavy (non-hydrogen) atoms. The van der Waals surface area contributed by atoms with Gasteiger partial charge in [0.25, 0.3) is 5.91 Å². The maximum Gasteiger partial charge on any atom is 0.268 e. The van der Waals surface area contributed by atoms with E-state index in [9.17, 15) is 4.79 Å². The lowest BCUT2D eigenvalue weighted by Gasteiger charge is -2.13. The van der Waals surface area contributed by atoms with Crippen molar-refractivity contribution in [3.05, 3.63) is 18.0 Å². The highest BCUT2D eigenvalue weighted by molar-refractivity contribution is 5.94. The number of nitrogen functional groups attached to an aromatic ring is 1. The smallest absolute Gasteiger partial charge is 0.268 e. The van der Waals surface area contributed by atoms with Crippen molar-refractivity contribution in [3.8, 4) is 0 Å². The van der Waals surface area contributed by atoms with E-state index in [1.807, 2.05) is 10.8 Å². The standard InChI is InChI=1S/C14H23N3O/c1-3-6-17-9-11(15)8-13(17)14(18)16-12-5-4-10(2)7-12/h8-10,12H,3-7,15H2,1-2H3,(H,16,18). The van der Waals surface area contributed by atoms with Crippen LogP contribution in [-0.2, 0) is 6.54 Å². The van der Waals surface area contributed by atoms with Crippen molar-refractivity contribution >= 4 is 11.6 Å². The number of rotatable bonds is 4. The van der Waals surface area contributed by atoms with Crippen LogP contribution in [-0.4, -0.2) is 16.5 Å². The summed E-state index contributed by atoms with van der Waals surface area (Å²) in [6, 6.07) is 2.10. The van der Waals surface area contributed by atoms with E-state index in [4.69, 9.17) is 5.73 Å². The number of carbonyl (C=O) groups is 1. The van der Waals surface area contributed by atoms with Gasteiger partial charge in [-0.25, -0.2) is 0 Å². The number of carbonyl (C=O) groups excluding carboxylic acids is 1. The zero-order valence-electron chi connectivity index (χ0n) is 11.3. The summed E-state index contributed by atoms with van der Waals surface area (Å²) < 4.78 is 1.95. The lowest BCUT2D eigenvalue weighted by Crippen LogP contribution is -2.34. The number of nitrogens with zero attached hydrogens (tertiary/aromatic N) is 1. The first kappa shape index (κ1) is 13.0. The van der Waals surface area contributed by atoms with Crippen molar-refractivity contribution in [3.63, 3.8) is 0 Å². The van der Waals surface area contributed by atoms with E-state index >= 15 is 0 Å². The van der Waals surface area contributed by atoms with E-state index in [-0.39, 0.29) is 5.91 Å². The summed E-state index contributed by atoms with van der Waals surface area (Å²) in [6.45, 7) is 5.17. The van der Waals surface area contributed by atoms with Gasteiger partial charge in [-0.1, -0.05) is 13.8 Å². The maximum absolute atomic E-state index is 12.2. The van der Waals surface area contributed by atoms with E-state index in [1.165, 1.54) is 6.42 Å². The van der Waals surface area contributed by atoms with E-state index in [0.29, 0.717) is 17.4 Å². The van der Waals surface area contributed by atoms with E-state index in [1.54, 1.807) is 6.07 Å². The third kappa shape index (κ3) is 2.86. The number of aryl methyl sites for hydroxylation is 1. The van der Waals surface area contributed by atoms with Crippen LogP contribution in [0.5, 0.6) is 0 Å². The van der Waals surface area contributed by atoms with Crippen molar-refractivity contribution in [1.29, 1.82) is 0 Å². The molecule has 1 heterocycles. The molecule has 2 rings (SSSR count). The highest BCUT2D eigenvalue weighted by atomic mass is 16.2. The first-order chi connectivity index (χ1) is 8.60. The summed E-state index contributed by atoms with van der Waals surface area (Å²) >= 11 is 0. The van der Waals surface area contributed by atoms with Crippen LogP contribution in [0.1, 0.15) is 50.0 Å². The molecular weight excluding hydrogens is 226 g/mol. The number of hydrogen-bond donors (Lipinski definition) is 2. The SMILES string of the molecule is CCCn1cc(N)cc1C(=O)NC1CCC(C)C1. The fourth-order valence-electron chi connectivity index (χ4n) is 2.75. The van der Waals surface area contributed by atoms with Crippen molar-refractivity contribution in [2.24, 2.45) is 5.92 Å². The van der Waals surface area contributed by atoms with E-state index in [2.05, 4.69) is 19.2 Å². The Labute approximate surface area is 109 Å². The molecule has 0 aromatic carbocycles. The Morgan fingerprint density at radius 3 is 2.94 bits per heavy atom. The van der Waals surface area contributed by atoms with Crippen molar-refractivity contribution in [1.82, 2.24) is 9.88 Å². The molecule has 1 aliphatic rings. The average Bonchev–Trinajstić information content (AvgIpc) is 2.86. The van der Waals surface area contributed by atoms with Gasteiger partial charge in [0.2, 0.25) is 0 Å². The third-order valence-electron chi connectivity index (χ3n) is 3.64. The lowest BCUT2D eigenvalue weighted by atomic mass is 10.1. The highest BCUT2D eigenvalue weighted by Crippen LogP contribution is 2.25.